The number of nitrogens with zero attached hydrogens (tertiary/aromatic N) is 1. The van der Waals surface area contributed by atoms with Crippen LogP contribution in [0, 0.1) is 0 Å². The summed E-state index contributed by atoms with van der Waals surface area (Å²) in [4.78, 5) is 9.14. The van der Waals surface area contributed by atoms with Crippen LogP contribution in [-0.2, 0) is 4.79 Å². The quantitative estimate of drug-likeness (QED) is 0.0743. The highest BCUT2D eigenvalue weighted by molar-refractivity contribution is 5.76. The molecule has 0 aromatic carbocycles. The Kier molecular flexibility index (Phi) is 29.5. The number of carboxylic acids is 1. The van der Waals surface area contributed by atoms with Crippen molar-refractivity contribution in [3.05, 3.63) is 12.7 Å². The van der Waals surface area contributed by atoms with E-state index < -0.39 is 5.97 Å². The number of carbonyl (C=O) groups excluding carboxylic acids is 1. The van der Waals surface area contributed by atoms with Crippen molar-refractivity contribution in [2.75, 3.05) is 26.2 Å². The monoisotopic (exact) mass is 481 g/mol. The van der Waals surface area contributed by atoms with Crippen LogP contribution < -0.4 is 5.11 Å². The maximum atomic E-state index is 9.14. The maximum Gasteiger partial charge on any atom is 0.0786 e. The highest BCUT2D eigenvalue weighted by Gasteiger charge is 2.25. The molecule has 0 aromatic heterocycles. The molecule has 0 aliphatic heterocycles. The summed E-state index contributed by atoms with van der Waals surface area (Å²) < 4.78 is 1.47. The molecule has 0 aliphatic carbocycles. The Morgan fingerprint density at radius 3 is 0.912 bits per heavy atom. The molecular weight excluding hydrogens is 418 g/mol. The van der Waals surface area contributed by atoms with Gasteiger partial charge in [0.15, 0.2) is 0 Å². The summed E-state index contributed by atoms with van der Waals surface area (Å²) in [6, 6.07) is 0. The lowest BCUT2D eigenvalue weighted by atomic mass is 10.1. The fourth-order valence-corrected chi connectivity index (χ4v) is 4.87. The van der Waals surface area contributed by atoms with Crippen molar-refractivity contribution in [1.82, 2.24) is 0 Å². The van der Waals surface area contributed by atoms with Gasteiger partial charge in [0.2, 0.25) is 0 Å². The molecule has 204 valence electrons. The normalized spacial score (nSPS) is 11.2. The van der Waals surface area contributed by atoms with Crippen LogP contribution in [0.4, 0.5) is 0 Å². The summed E-state index contributed by atoms with van der Waals surface area (Å²) in [6.07, 6.45) is 29.5. The molecule has 0 bridgehead atoms. The number of quaternary nitrogens is 1. The Hall–Kier alpha value is -0.830. The van der Waals surface area contributed by atoms with E-state index in [0.29, 0.717) is 0 Å². The van der Waals surface area contributed by atoms with Gasteiger partial charge in [-0.1, -0.05) is 111 Å². The third-order valence-electron chi connectivity index (χ3n) is 7.11. The Morgan fingerprint density at radius 2 is 0.735 bits per heavy atom. The summed E-state index contributed by atoms with van der Waals surface area (Å²) in [7, 11) is 0. The number of carbonyl (C=O) groups is 1. The first-order chi connectivity index (χ1) is 16.5. The van der Waals surface area contributed by atoms with Crippen LogP contribution in [0.3, 0.4) is 0 Å². The second-order valence-corrected chi connectivity index (χ2v) is 10.4. The van der Waals surface area contributed by atoms with Crippen molar-refractivity contribution in [2.45, 2.75) is 156 Å². The summed E-state index contributed by atoms with van der Waals surface area (Å²) in [5.41, 5.74) is 0. The van der Waals surface area contributed by atoms with E-state index in [2.05, 4.69) is 34.3 Å². The molecule has 34 heavy (non-hydrogen) atoms. The zero-order chi connectivity index (χ0) is 25.8. The fraction of sp³-hybridized carbons (Fsp3) is 0.903. The standard InChI is InChI=1S/C28H60N.C3H4O2/c1-5-9-13-17-21-25-29(26-22-18-14-10-6-2,27-23-19-15-11-7-3)28-24-20-16-12-8-4;1-2-3(4)5/h5-28H2,1-4H3;2H,1H2,(H,4,5)/q+1;/p-1. The van der Waals surface area contributed by atoms with Crippen LogP contribution in [0.25, 0.3) is 0 Å². The molecule has 3 heteroatoms. The van der Waals surface area contributed by atoms with Crippen LogP contribution in [0.5, 0.6) is 0 Å². The van der Waals surface area contributed by atoms with E-state index in [0.717, 1.165) is 6.08 Å². The van der Waals surface area contributed by atoms with Gasteiger partial charge in [-0.25, -0.2) is 0 Å². The van der Waals surface area contributed by atoms with E-state index in [1.807, 2.05) is 0 Å². The number of carboxylic acid groups (broad SMARTS) is 1. The molecule has 0 atom stereocenters. The minimum absolute atomic E-state index is 0.722. The van der Waals surface area contributed by atoms with Gasteiger partial charge in [0.1, 0.15) is 0 Å². The van der Waals surface area contributed by atoms with Crippen LogP contribution >= 0.6 is 0 Å². The zero-order valence-corrected chi connectivity index (χ0v) is 24.0. The Labute approximate surface area is 215 Å². The van der Waals surface area contributed by atoms with Gasteiger partial charge in [0.05, 0.1) is 32.1 Å². The minimum Gasteiger partial charge on any atom is -0.545 e. The van der Waals surface area contributed by atoms with Crippen molar-refractivity contribution in [3.8, 4) is 0 Å². The van der Waals surface area contributed by atoms with Crippen molar-refractivity contribution < 1.29 is 14.4 Å². The van der Waals surface area contributed by atoms with E-state index in [4.69, 9.17) is 9.90 Å². The molecule has 0 rings (SSSR count). The largest absolute Gasteiger partial charge is 0.545 e. The van der Waals surface area contributed by atoms with Gasteiger partial charge in [-0.3, -0.25) is 0 Å². The summed E-state index contributed by atoms with van der Waals surface area (Å²) in [5, 5.41) is 9.14. The molecule has 0 amide bonds. The van der Waals surface area contributed by atoms with Crippen molar-refractivity contribution >= 4 is 5.97 Å². The van der Waals surface area contributed by atoms with Gasteiger partial charge in [-0.15, -0.1) is 0 Å². The molecular formula is C31H63NO2. The first kappa shape index (κ1) is 35.3. The number of hydrogen-bond donors (Lipinski definition) is 0. The summed E-state index contributed by atoms with van der Waals surface area (Å²) in [6.45, 7) is 18.1. The number of unbranched alkanes of at least 4 members (excludes halogenated alkanes) is 16. The molecule has 3 nitrogen and oxygen atoms in total. The minimum atomic E-state index is -1.23. The van der Waals surface area contributed by atoms with E-state index in [1.54, 1.807) is 0 Å². The average Bonchev–Trinajstić information content (AvgIpc) is 2.83. The predicted molar refractivity (Wildman–Crippen MR) is 150 cm³/mol. The van der Waals surface area contributed by atoms with Crippen LogP contribution in [0.1, 0.15) is 156 Å². The van der Waals surface area contributed by atoms with Gasteiger partial charge in [-0.2, -0.15) is 0 Å². The first-order valence-electron chi connectivity index (χ1n) is 15.2. The summed E-state index contributed by atoms with van der Waals surface area (Å²) in [5.74, 6) is -1.23. The van der Waals surface area contributed by atoms with Gasteiger partial charge < -0.3 is 14.4 Å². The highest BCUT2D eigenvalue weighted by Crippen LogP contribution is 2.20. The van der Waals surface area contributed by atoms with Gasteiger partial charge in [0, 0.05) is 0 Å². The van der Waals surface area contributed by atoms with E-state index >= 15 is 0 Å². The SMILES string of the molecule is C=CC(=O)[O-].CCCCCCC[N+](CCCCCCC)(CCCCCCC)CCCCCCC. The molecule has 0 saturated heterocycles. The van der Waals surface area contributed by atoms with Crippen molar-refractivity contribution in [3.63, 3.8) is 0 Å². The first-order valence-corrected chi connectivity index (χ1v) is 15.2. The fourth-order valence-electron chi connectivity index (χ4n) is 4.87. The lowest BCUT2D eigenvalue weighted by Crippen LogP contribution is -2.50. The van der Waals surface area contributed by atoms with Crippen LogP contribution in [-0.4, -0.2) is 36.6 Å². The van der Waals surface area contributed by atoms with Gasteiger partial charge in [-0.05, 0) is 57.4 Å². The molecule has 0 spiro atoms. The van der Waals surface area contributed by atoms with E-state index in [1.165, 1.54) is 159 Å². The molecule has 0 aromatic rings. The lowest BCUT2D eigenvalue weighted by molar-refractivity contribution is -0.929. The zero-order valence-electron chi connectivity index (χ0n) is 24.0. The van der Waals surface area contributed by atoms with Crippen molar-refractivity contribution in [2.24, 2.45) is 0 Å². The Bertz CT molecular complexity index is 360. The molecule has 0 N–H and O–H groups in total. The second kappa shape index (κ2) is 28.4. The Balaban J connectivity index is 0. The van der Waals surface area contributed by atoms with Crippen LogP contribution in [0.15, 0.2) is 12.7 Å². The van der Waals surface area contributed by atoms with Crippen LogP contribution in [0.2, 0.25) is 0 Å². The third-order valence-corrected chi connectivity index (χ3v) is 7.11. The molecule has 0 fully saturated rings. The Morgan fingerprint density at radius 1 is 0.529 bits per heavy atom. The predicted octanol–water partition coefficient (Wildman–Crippen LogP) is 8.61. The maximum absolute atomic E-state index is 9.14. The third kappa shape index (κ3) is 25.8. The number of aliphatic carboxylic acids is 1. The lowest BCUT2D eigenvalue weighted by Gasteiger charge is -2.39. The molecule has 0 saturated carbocycles. The molecule has 0 aliphatic rings. The summed E-state index contributed by atoms with van der Waals surface area (Å²) >= 11 is 0. The average molecular weight is 482 g/mol. The second-order valence-electron chi connectivity index (χ2n) is 10.4. The highest BCUT2D eigenvalue weighted by atomic mass is 16.4. The smallest absolute Gasteiger partial charge is 0.0786 e. The van der Waals surface area contributed by atoms with Gasteiger partial charge >= 0.3 is 0 Å². The molecule has 0 radical (unpaired) electrons. The molecule has 0 unspecified atom stereocenters. The van der Waals surface area contributed by atoms with Crippen molar-refractivity contribution in [1.29, 1.82) is 0 Å². The van der Waals surface area contributed by atoms with Gasteiger partial charge in [0.25, 0.3) is 0 Å². The number of hydrogen-bond acceptors (Lipinski definition) is 2. The topological polar surface area (TPSA) is 40.1 Å². The van der Waals surface area contributed by atoms with E-state index in [9.17, 15) is 0 Å². The number of rotatable bonds is 25. The molecule has 0 heterocycles. The van der Waals surface area contributed by atoms with E-state index in [-0.39, 0.29) is 0 Å².